The predicted octanol–water partition coefficient (Wildman–Crippen LogP) is 4.59. The van der Waals surface area contributed by atoms with Gasteiger partial charge in [0.2, 0.25) is 6.79 Å². The molecule has 102 valence electrons. The molecule has 3 heterocycles. The Morgan fingerprint density at radius 1 is 1.25 bits per heavy atom. The molecule has 0 amide bonds. The van der Waals surface area contributed by atoms with E-state index in [2.05, 4.69) is 24.0 Å². The van der Waals surface area contributed by atoms with E-state index in [1.165, 1.54) is 10.4 Å². The lowest BCUT2D eigenvalue weighted by Gasteiger charge is -2.28. The zero-order chi connectivity index (χ0) is 13.7. The predicted molar refractivity (Wildman–Crippen MR) is 81.1 cm³/mol. The molecule has 1 aromatic carbocycles. The zero-order valence-corrected chi connectivity index (χ0v) is 12.2. The molecular formula is C15H12ClNO2S. The van der Waals surface area contributed by atoms with Gasteiger partial charge in [-0.15, -0.1) is 11.3 Å². The summed E-state index contributed by atoms with van der Waals surface area (Å²) in [6.45, 7) is 4.36. The van der Waals surface area contributed by atoms with Crippen LogP contribution in [0.3, 0.4) is 0 Å². The Balaban J connectivity index is 1.85. The van der Waals surface area contributed by atoms with Crippen LogP contribution in [-0.2, 0) is 0 Å². The van der Waals surface area contributed by atoms with Gasteiger partial charge in [-0.05, 0) is 30.2 Å². The van der Waals surface area contributed by atoms with Crippen molar-refractivity contribution in [3.05, 3.63) is 51.3 Å². The molecule has 0 saturated carbocycles. The Hall–Kier alpha value is -1.65. The molecule has 4 rings (SSSR count). The van der Waals surface area contributed by atoms with Crippen molar-refractivity contribution in [2.24, 2.45) is 0 Å². The number of nitrogens with one attached hydrogen (secondary N) is 1. The van der Waals surface area contributed by atoms with Gasteiger partial charge in [-0.3, -0.25) is 0 Å². The Kier molecular flexibility index (Phi) is 2.69. The lowest BCUT2D eigenvalue weighted by molar-refractivity contribution is 0.174. The minimum Gasteiger partial charge on any atom is -0.454 e. The Bertz CT molecular complexity index is 710. The molecule has 1 atom stereocenters. The van der Waals surface area contributed by atoms with Crippen LogP contribution < -0.4 is 14.8 Å². The third-order valence-corrected chi connectivity index (χ3v) is 4.96. The second kappa shape index (κ2) is 4.43. The number of fused-ring (bicyclic) bond motifs is 2. The van der Waals surface area contributed by atoms with Gasteiger partial charge in [0.25, 0.3) is 0 Å². The van der Waals surface area contributed by atoms with E-state index in [-0.39, 0.29) is 12.7 Å². The van der Waals surface area contributed by atoms with E-state index in [1.54, 1.807) is 11.3 Å². The van der Waals surface area contributed by atoms with Gasteiger partial charge in [0, 0.05) is 28.2 Å². The topological polar surface area (TPSA) is 30.5 Å². The van der Waals surface area contributed by atoms with Gasteiger partial charge in [0.05, 0.1) is 4.34 Å². The monoisotopic (exact) mass is 305 g/mol. The van der Waals surface area contributed by atoms with Crippen molar-refractivity contribution in [1.29, 1.82) is 0 Å². The van der Waals surface area contributed by atoms with Crippen LogP contribution >= 0.6 is 22.9 Å². The minimum absolute atomic E-state index is 0.269. The van der Waals surface area contributed by atoms with Gasteiger partial charge in [-0.25, -0.2) is 0 Å². The number of anilines is 1. The third kappa shape index (κ3) is 1.87. The van der Waals surface area contributed by atoms with E-state index >= 15 is 0 Å². The summed E-state index contributed by atoms with van der Waals surface area (Å²) < 4.78 is 11.7. The molecule has 2 aliphatic heterocycles. The minimum atomic E-state index is 0.269. The van der Waals surface area contributed by atoms with Crippen molar-refractivity contribution in [1.82, 2.24) is 0 Å². The highest BCUT2D eigenvalue weighted by Gasteiger charge is 2.28. The Labute approximate surface area is 125 Å². The van der Waals surface area contributed by atoms with Gasteiger partial charge in [0.1, 0.15) is 0 Å². The van der Waals surface area contributed by atoms with Gasteiger partial charge in [-0.2, -0.15) is 0 Å². The average Bonchev–Trinajstić information content (AvgIpc) is 3.03. The molecule has 2 aromatic rings. The first kappa shape index (κ1) is 12.1. The molecule has 0 radical (unpaired) electrons. The zero-order valence-electron chi connectivity index (χ0n) is 10.6. The molecular weight excluding hydrogens is 294 g/mol. The van der Waals surface area contributed by atoms with Gasteiger partial charge >= 0.3 is 0 Å². The number of halogens is 1. The molecule has 3 nitrogen and oxygen atoms in total. The molecule has 5 heteroatoms. The number of ether oxygens (including phenoxy) is 2. The van der Waals surface area contributed by atoms with Crippen LogP contribution in [0.2, 0.25) is 4.34 Å². The fourth-order valence-corrected chi connectivity index (χ4v) is 3.90. The number of rotatable bonds is 1. The van der Waals surface area contributed by atoms with Crippen molar-refractivity contribution in [2.75, 3.05) is 12.1 Å². The number of thiophene rings is 1. The van der Waals surface area contributed by atoms with Crippen molar-refractivity contribution >= 4 is 28.6 Å². The summed E-state index contributed by atoms with van der Waals surface area (Å²) in [6.07, 6.45) is 0.865. The maximum absolute atomic E-state index is 6.07. The molecule has 0 bridgehead atoms. The number of allylic oxidation sites excluding steroid dienone is 1. The molecule has 1 aromatic heterocycles. The summed E-state index contributed by atoms with van der Waals surface area (Å²) in [5, 5.41) is 3.34. The van der Waals surface area contributed by atoms with Gasteiger partial charge in [0.15, 0.2) is 11.5 Å². The normalized spacial score (nSPS) is 19.6. The molecule has 0 aliphatic carbocycles. The van der Waals surface area contributed by atoms with Gasteiger partial charge < -0.3 is 14.8 Å². The summed E-state index contributed by atoms with van der Waals surface area (Å²) in [6, 6.07) is 8.09. The van der Waals surface area contributed by atoms with E-state index in [4.69, 9.17) is 21.1 Å². The maximum atomic E-state index is 6.07. The summed E-state index contributed by atoms with van der Waals surface area (Å²) in [5.74, 6) is 1.87. The summed E-state index contributed by atoms with van der Waals surface area (Å²) >= 11 is 7.69. The molecule has 20 heavy (non-hydrogen) atoms. The van der Waals surface area contributed by atoms with Crippen molar-refractivity contribution in [3.63, 3.8) is 0 Å². The number of hydrogen-bond donors (Lipinski definition) is 1. The smallest absolute Gasteiger partial charge is 0.231 e. The number of hydrogen-bond acceptors (Lipinski definition) is 4. The first-order valence-electron chi connectivity index (χ1n) is 6.34. The fraction of sp³-hybridized carbons (Fsp3) is 0.200. The molecule has 0 saturated heterocycles. The second-order valence-corrected chi connectivity index (χ2v) is 6.67. The summed E-state index contributed by atoms with van der Waals surface area (Å²) in [7, 11) is 0. The van der Waals surface area contributed by atoms with Crippen LogP contribution in [0, 0.1) is 0 Å². The van der Waals surface area contributed by atoms with Crippen LogP contribution in [-0.4, -0.2) is 6.79 Å². The highest BCUT2D eigenvalue weighted by atomic mass is 35.5. The Morgan fingerprint density at radius 3 is 2.80 bits per heavy atom. The summed E-state index contributed by atoms with van der Waals surface area (Å²) in [4.78, 5) is 1.25. The number of benzene rings is 1. The van der Waals surface area contributed by atoms with E-state index in [0.29, 0.717) is 0 Å². The van der Waals surface area contributed by atoms with Gasteiger partial charge in [-0.1, -0.05) is 18.2 Å². The van der Waals surface area contributed by atoms with Crippen LogP contribution in [0.15, 0.2) is 36.5 Å². The molecule has 2 aliphatic rings. The first-order chi connectivity index (χ1) is 9.70. The van der Waals surface area contributed by atoms with E-state index in [0.717, 1.165) is 33.6 Å². The van der Waals surface area contributed by atoms with E-state index in [1.807, 2.05) is 12.1 Å². The summed E-state index contributed by atoms with van der Waals surface area (Å²) in [5.41, 5.74) is 3.26. The van der Waals surface area contributed by atoms with Crippen molar-refractivity contribution in [2.45, 2.75) is 12.3 Å². The third-order valence-electron chi connectivity index (χ3n) is 3.62. The lowest BCUT2D eigenvalue weighted by Crippen LogP contribution is -2.14. The highest BCUT2D eigenvalue weighted by molar-refractivity contribution is 7.16. The van der Waals surface area contributed by atoms with Crippen LogP contribution in [0.4, 0.5) is 5.69 Å². The van der Waals surface area contributed by atoms with E-state index in [9.17, 15) is 0 Å². The second-order valence-electron chi connectivity index (χ2n) is 4.92. The first-order valence-corrected chi connectivity index (χ1v) is 7.54. The quantitative estimate of drug-likeness (QED) is 0.836. The lowest BCUT2D eigenvalue weighted by atomic mass is 9.88. The Morgan fingerprint density at radius 2 is 2.05 bits per heavy atom. The molecule has 1 unspecified atom stereocenters. The maximum Gasteiger partial charge on any atom is 0.231 e. The fourth-order valence-electron chi connectivity index (χ4n) is 2.72. The van der Waals surface area contributed by atoms with Crippen molar-refractivity contribution < 1.29 is 9.47 Å². The largest absolute Gasteiger partial charge is 0.454 e. The molecule has 0 spiro atoms. The van der Waals surface area contributed by atoms with Crippen LogP contribution in [0.1, 0.15) is 22.8 Å². The highest BCUT2D eigenvalue weighted by Crippen LogP contribution is 2.47. The van der Waals surface area contributed by atoms with E-state index < -0.39 is 0 Å². The van der Waals surface area contributed by atoms with Crippen LogP contribution in [0.5, 0.6) is 11.5 Å². The average molecular weight is 306 g/mol. The molecule has 0 fully saturated rings. The van der Waals surface area contributed by atoms with Crippen LogP contribution in [0.25, 0.3) is 0 Å². The molecule has 1 N–H and O–H groups in total. The van der Waals surface area contributed by atoms with Crippen molar-refractivity contribution in [3.8, 4) is 11.5 Å². The SMILES string of the molecule is C=C1CC(c2ccc(Cl)s2)c2cc3c(cc2N1)OCO3. The standard InChI is InChI=1S/C15H12ClNO2S/c1-8-4-10(14-2-3-15(16)20-14)9-5-12-13(19-7-18-12)6-11(9)17-8/h2-3,5-6,10,17H,1,4,7H2.